The monoisotopic (exact) mass is 533 g/mol. The van der Waals surface area contributed by atoms with E-state index in [1.54, 1.807) is 30.0 Å². The van der Waals surface area contributed by atoms with Crippen molar-refractivity contribution in [2.24, 2.45) is 0 Å². The van der Waals surface area contributed by atoms with Crippen LogP contribution in [0.1, 0.15) is 55.4 Å². The van der Waals surface area contributed by atoms with Crippen LogP contribution in [0.5, 0.6) is 0 Å². The molecule has 0 radical (unpaired) electrons. The molecule has 0 aliphatic carbocycles. The number of rotatable bonds is 7. The molecule has 0 unspecified atom stereocenters. The van der Waals surface area contributed by atoms with Crippen LogP contribution in [0.2, 0.25) is 0 Å². The smallest absolute Gasteiger partial charge is 0.410 e. The maximum Gasteiger partial charge on any atom is 0.410 e. The molecule has 0 fully saturated rings. The highest BCUT2D eigenvalue weighted by Crippen LogP contribution is 2.38. The molecular formula is C25H31N3O6S2. The van der Waals surface area contributed by atoms with E-state index in [1.807, 2.05) is 26.8 Å². The molecule has 194 valence electrons. The van der Waals surface area contributed by atoms with Gasteiger partial charge in [-0.1, -0.05) is 6.07 Å². The number of thioether (sulfide) groups is 1. The maximum absolute atomic E-state index is 12.8. The van der Waals surface area contributed by atoms with Gasteiger partial charge >= 0.3 is 12.1 Å². The van der Waals surface area contributed by atoms with Crippen LogP contribution in [-0.2, 0) is 32.0 Å². The van der Waals surface area contributed by atoms with Crippen LogP contribution in [0, 0.1) is 0 Å². The van der Waals surface area contributed by atoms with Gasteiger partial charge in [0, 0.05) is 28.9 Å². The highest BCUT2D eigenvalue weighted by Gasteiger charge is 2.32. The lowest BCUT2D eigenvalue weighted by molar-refractivity contribution is -0.114. The summed E-state index contributed by atoms with van der Waals surface area (Å²) in [4.78, 5) is 52.6. The molecular weight excluding hydrogens is 502 g/mol. The Labute approximate surface area is 218 Å². The third-order valence-corrected chi connectivity index (χ3v) is 7.09. The van der Waals surface area contributed by atoms with Gasteiger partial charge in [-0.15, -0.1) is 23.1 Å². The first-order valence-electron chi connectivity index (χ1n) is 11.6. The predicted molar refractivity (Wildman–Crippen MR) is 141 cm³/mol. The molecule has 11 heteroatoms. The average Bonchev–Trinajstić information content (AvgIpc) is 3.13. The van der Waals surface area contributed by atoms with Crippen LogP contribution < -0.4 is 10.6 Å². The average molecular weight is 534 g/mol. The van der Waals surface area contributed by atoms with Crippen molar-refractivity contribution in [1.82, 2.24) is 4.90 Å². The number of carbonyl (C=O) groups is 4. The van der Waals surface area contributed by atoms with Crippen molar-refractivity contribution in [3.63, 3.8) is 0 Å². The van der Waals surface area contributed by atoms with Crippen LogP contribution in [0.25, 0.3) is 0 Å². The number of hydrogen-bond donors (Lipinski definition) is 2. The summed E-state index contributed by atoms with van der Waals surface area (Å²) < 4.78 is 10.7. The van der Waals surface area contributed by atoms with E-state index in [0.29, 0.717) is 35.8 Å². The second kappa shape index (κ2) is 11.8. The molecule has 3 rings (SSSR count). The Morgan fingerprint density at radius 2 is 1.92 bits per heavy atom. The van der Waals surface area contributed by atoms with Crippen molar-refractivity contribution in [1.29, 1.82) is 0 Å². The largest absolute Gasteiger partial charge is 0.462 e. The second-order valence-electron chi connectivity index (χ2n) is 9.13. The molecule has 2 N–H and O–H groups in total. The number of hydrogen-bond acceptors (Lipinski definition) is 8. The minimum absolute atomic E-state index is 0.110. The molecule has 2 heterocycles. The molecule has 1 aromatic heterocycles. The molecule has 0 saturated heterocycles. The number of ether oxygens (including phenoxy) is 2. The molecule has 0 atom stereocenters. The van der Waals surface area contributed by atoms with Gasteiger partial charge in [-0.05, 0) is 57.9 Å². The third-order valence-electron chi connectivity index (χ3n) is 4.97. The van der Waals surface area contributed by atoms with Crippen molar-refractivity contribution in [3.8, 4) is 0 Å². The van der Waals surface area contributed by atoms with Gasteiger partial charge < -0.3 is 25.0 Å². The predicted octanol–water partition coefficient (Wildman–Crippen LogP) is 4.91. The van der Waals surface area contributed by atoms with Crippen LogP contribution >= 0.6 is 23.1 Å². The Hall–Kier alpha value is -3.05. The van der Waals surface area contributed by atoms with Crippen molar-refractivity contribution >= 4 is 57.7 Å². The molecule has 0 saturated carbocycles. The Morgan fingerprint density at radius 3 is 2.58 bits per heavy atom. The minimum atomic E-state index is -0.610. The summed E-state index contributed by atoms with van der Waals surface area (Å²) in [6.07, 6.45) is 0.0440. The molecule has 3 amide bonds. The van der Waals surface area contributed by atoms with E-state index < -0.39 is 17.7 Å². The summed E-state index contributed by atoms with van der Waals surface area (Å²) >= 11 is 2.59. The van der Waals surface area contributed by atoms with Gasteiger partial charge in [-0.2, -0.15) is 0 Å². The topological polar surface area (TPSA) is 114 Å². The van der Waals surface area contributed by atoms with Crippen LogP contribution in [0.15, 0.2) is 29.2 Å². The summed E-state index contributed by atoms with van der Waals surface area (Å²) in [7, 11) is 0. The molecule has 1 aromatic carbocycles. The van der Waals surface area contributed by atoms with Gasteiger partial charge in [-0.25, -0.2) is 9.59 Å². The van der Waals surface area contributed by atoms with Gasteiger partial charge in [0.15, 0.2) is 0 Å². The van der Waals surface area contributed by atoms with E-state index in [9.17, 15) is 19.2 Å². The molecule has 0 bridgehead atoms. The Balaban J connectivity index is 1.74. The molecule has 0 spiro atoms. The van der Waals surface area contributed by atoms with Crippen molar-refractivity contribution < 1.29 is 28.7 Å². The zero-order valence-corrected chi connectivity index (χ0v) is 22.7. The fourth-order valence-electron chi connectivity index (χ4n) is 3.57. The molecule has 1 aliphatic heterocycles. The van der Waals surface area contributed by atoms with E-state index in [2.05, 4.69) is 10.6 Å². The number of anilines is 2. The van der Waals surface area contributed by atoms with Crippen molar-refractivity contribution in [2.45, 2.75) is 58.1 Å². The Morgan fingerprint density at radius 1 is 1.17 bits per heavy atom. The fraction of sp³-hybridized carbons (Fsp3) is 0.440. The summed E-state index contributed by atoms with van der Waals surface area (Å²) in [5.74, 6) is -0.837. The van der Waals surface area contributed by atoms with Gasteiger partial charge in [0.2, 0.25) is 11.8 Å². The summed E-state index contributed by atoms with van der Waals surface area (Å²) in [5.41, 5.74) is 1.19. The van der Waals surface area contributed by atoms with E-state index in [4.69, 9.17) is 9.47 Å². The molecule has 1 aliphatic rings. The standard InChI is InChI=1S/C25H31N3O6S2/c1-6-33-23(31)21-18-10-11-28(24(32)34-25(3,4)5)13-19(18)36-22(21)27-20(30)14-35-17-9-7-8-16(12-17)26-15(2)29/h7-9,12H,6,10-11,13-14H2,1-5H3,(H,26,29)(H,27,30). The number of nitrogens with one attached hydrogen (secondary N) is 2. The number of carbonyl (C=O) groups excluding carboxylic acids is 4. The van der Waals surface area contributed by atoms with E-state index in [0.717, 1.165) is 15.3 Å². The lowest BCUT2D eigenvalue weighted by Gasteiger charge is -2.30. The quantitative estimate of drug-likeness (QED) is 0.384. The third kappa shape index (κ3) is 7.47. The molecule has 2 aromatic rings. The molecule has 9 nitrogen and oxygen atoms in total. The number of fused-ring (bicyclic) bond motifs is 1. The molecule has 36 heavy (non-hydrogen) atoms. The van der Waals surface area contributed by atoms with Crippen LogP contribution in [0.3, 0.4) is 0 Å². The number of benzene rings is 1. The lowest BCUT2D eigenvalue weighted by atomic mass is 10.0. The van der Waals surface area contributed by atoms with Gasteiger partial charge in [-0.3, -0.25) is 9.59 Å². The highest BCUT2D eigenvalue weighted by atomic mass is 32.2. The first-order valence-corrected chi connectivity index (χ1v) is 13.4. The van der Waals surface area contributed by atoms with Crippen LogP contribution in [0.4, 0.5) is 15.5 Å². The number of amides is 3. The normalized spacial score (nSPS) is 13.0. The van der Waals surface area contributed by atoms with Gasteiger partial charge in [0.25, 0.3) is 0 Å². The number of esters is 1. The number of thiophene rings is 1. The van der Waals surface area contributed by atoms with Crippen molar-refractivity contribution in [3.05, 3.63) is 40.3 Å². The first-order chi connectivity index (χ1) is 17.0. The first kappa shape index (κ1) is 27.5. The second-order valence-corrected chi connectivity index (χ2v) is 11.3. The lowest BCUT2D eigenvalue weighted by Crippen LogP contribution is -2.39. The fourth-order valence-corrected chi connectivity index (χ4v) is 5.59. The summed E-state index contributed by atoms with van der Waals surface area (Å²) in [6.45, 7) is 9.50. The van der Waals surface area contributed by atoms with E-state index in [-0.39, 0.29) is 24.2 Å². The Bertz CT molecular complexity index is 1160. The summed E-state index contributed by atoms with van der Waals surface area (Å²) in [5, 5.41) is 6.00. The van der Waals surface area contributed by atoms with Gasteiger partial charge in [0.1, 0.15) is 10.6 Å². The SMILES string of the molecule is CCOC(=O)c1c(NC(=O)CSc2cccc(NC(C)=O)c2)sc2c1CCN(C(=O)OC(C)(C)C)C2. The maximum atomic E-state index is 12.8. The Kier molecular flexibility index (Phi) is 9.02. The van der Waals surface area contributed by atoms with Crippen molar-refractivity contribution in [2.75, 3.05) is 29.5 Å². The van der Waals surface area contributed by atoms with Gasteiger partial charge in [0.05, 0.1) is 24.5 Å². The number of nitrogens with zero attached hydrogens (tertiary/aromatic N) is 1. The van der Waals surface area contributed by atoms with Crippen LogP contribution in [-0.4, -0.2) is 53.3 Å². The van der Waals surface area contributed by atoms with E-state index >= 15 is 0 Å². The minimum Gasteiger partial charge on any atom is -0.462 e. The highest BCUT2D eigenvalue weighted by molar-refractivity contribution is 8.00. The zero-order valence-electron chi connectivity index (χ0n) is 21.1. The zero-order chi connectivity index (χ0) is 26.5. The van der Waals surface area contributed by atoms with E-state index in [1.165, 1.54) is 30.0 Å². The summed E-state index contributed by atoms with van der Waals surface area (Å²) in [6, 6.07) is 7.21.